The van der Waals surface area contributed by atoms with Gasteiger partial charge in [-0.3, -0.25) is 4.79 Å². The van der Waals surface area contributed by atoms with Gasteiger partial charge in [-0.05, 0) is 26.7 Å². The van der Waals surface area contributed by atoms with Crippen LogP contribution < -0.4 is 0 Å². The van der Waals surface area contributed by atoms with Crippen molar-refractivity contribution < 1.29 is 19.7 Å². The standard InChI is InChI=1S/C9H18O4/c1-4-9(2,3)13-12-7-5-6-8(10)11/h4-7H2,1-3H3,(H,10,11). The van der Waals surface area contributed by atoms with Gasteiger partial charge in [0.15, 0.2) is 0 Å². The van der Waals surface area contributed by atoms with Crippen LogP contribution in [0.1, 0.15) is 40.0 Å². The molecule has 0 unspecified atom stereocenters. The third-order valence-corrected chi connectivity index (χ3v) is 1.75. The average molecular weight is 190 g/mol. The van der Waals surface area contributed by atoms with E-state index in [1.54, 1.807) is 0 Å². The highest BCUT2D eigenvalue weighted by molar-refractivity contribution is 5.66. The van der Waals surface area contributed by atoms with E-state index in [2.05, 4.69) is 0 Å². The fraction of sp³-hybridized carbons (Fsp3) is 0.889. The van der Waals surface area contributed by atoms with E-state index < -0.39 is 5.97 Å². The van der Waals surface area contributed by atoms with E-state index in [-0.39, 0.29) is 12.0 Å². The maximum Gasteiger partial charge on any atom is 0.303 e. The van der Waals surface area contributed by atoms with Gasteiger partial charge in [-0.1, -0.05) is 6.92 Å². The van der Waals surface area contributed by atoms with Crippen LogP contribution >= 0.6 is 0 Å². The Morgan fingerprint density at radius 3 is 2.54 bits per heavy atom. The van der Waals surface area contributed by atoms with Crippen LogP contribution in [0.25, 0.3) is 0 Å². The van der Waals surface area contributed by atoms with Crippen molar-refractivity contribution in [3.8, 4) is 0 Å². The Bertz CT molecular complexity index is 154. The van der Waals surface area contributed by atoms with Crippen molar-refractivity contribution in [1.29, 1.82) is 0 Å². The molecule has 0 bridgehead atoms. The molecular formula is C9H18O4. The third-order valence-electron chi connectivity index (χ3n) is 1.75. The van der Waals surface area contributed by atoms with Crippen molar-refractivity contribution in [3.63, 3.8) is 0 Å². The van der Waals surface area contributed by atoms with Gasteiger partial charge in [0.25, 0.3) is 0 Å². The lowest BCUT2D eigenvalue weighted by Gasteiger charge is -2.21. The zero-order valence-electron chi connectivity index (χ0n) is 8.50. The van der Waals surface area contributed by atoms with E-state index in [0.29, 0.717) is 13.0 Å². The summed E-state index contributed by atoms with van der Waals surface area (Å²) in [4.78, 5) is 20.1. The molecule has 0 aromatic carbocycles. The molecule has 4 heteroatoms. The summed E-state index contributed by atoms with van der Waals surface area (Å²) in [5, 5.41) is 8.32. The van der Waals surface area contributed by atoms with Crippen LogP contribution in [0.3, 0.4) is 0 Å². The van der Waals surface area contributed by atoms with Crippen LogP contribution in [-0.4, -0.2) is 23.3 Å². The minimum absolute atomic E-state index is 0.121. The van der Waals surface area contributed by atoms with Gasteiger partial charge < -0.3 is 5.11 Å². The van der Waals surface area contributed by atoms with Crippen LogP contribution in [0.4, 0.5) is 0 Å². The van der Waals surface area contributed by atoms with Gasteiger partial charge >= 0.3 is 5.97 Å². The van der Waals surface area contributed by atoms with Gasteiger partial charge in [0.1, 0.15) is 0 Å². The molecule has 0 amide bonds. The number of carboxylic acid groups (broad SMARTS) is 1. The lowest BCUT2D eigenvalue weighted by atomic mass is 10.1. The fourth-order valence-corrected chi connectivity index (χ4v) is 0.542. The predicted octanol–water partition coefficient (Wildman–Crippen LogP) is 1.99. The van der Waals surface area contributed by atoms with E-state index in [1.165, 1.54) is 0 Å². The number of hydrogen-bond acceptors (Lipinski definition) is 3. The quantitative estimate of drug-likeness (QED) is 0.379. The average Bonchev–Trinajstić information content (AvgIpc) is 2.03. The first-order chi connectivity index (χ1) is 5.98. The molecule has 0 aliphatic heterocycles. The molecule has 0 radical (unpaired) electrons. The number of carboxylic acids is 1. The molecule has 0 saturated heterocycles. The molecule has 0 heterocycles. The molecule has 0 rings (SSSR count). The van der Waals surface area contributed by atoms with E-state index >= 15 is 0 Å². The molecule has 0 saturated carbocycles. The topological polar surface area (TPSA) is 55.8 Å². The SMILES string of the molecule is CCC(C)(C)OOCCCC(=O)O. The second-order valence-electron chi connectivity index (χ2n) is 3.52. The van der Waals surface area contributed by atoms with E-state index in [0.717, 1.165) is 6.42 Å². The molecule has 0 aliphatic carbocycles. The number of hydrogen-bond donors (Lipinski definition) is 1. The summed E-state index contributed by atoms with van der Waals surface area (Å²) in [5.41, 5.74) is -0.288. The molecule has 0 aromatic heterocycles. The van der Waals surface area contributed by atoms with Crippen LogP contribution in [0.2, 0.25) is 0 Å². The molecule has 0 spiro atoms. The van der Waals surface area contributed by atoms with E-state index in [9.17, 15) is 4.79 Å². The number of carbonyl (C=O) groups is 1. The van der Waals surface area contributed by atoms with Crippen LogP contribution in [0.15, 0.2) is 0 Å². The maximum atomic E-state index is 10.1. The molecule has 0 atom stereocenters. The third kappa shape index (κ3) is 7.74. The summed E-state index contributed by atoms with van der Waals surface area (Å²) < 4.78 is 0. The molecule has 13 heavy (non-hydrogen) atoms. The number of rotatable bonds is 7. The largest absolute Gasteiger partial charge is 0.481 e. The van der Waals surface area contributed by atoms with Crippen molar-refractivity contribution in [2.24, 2.45) is 0 Å². The summed E-state index contributed by atoms with van der Waals surface area (Å²) in [5.74, 6) is -0.807. The molecule has 0 fully saturated rings. The van der Waals surface area contributed by atoms with Gasteiger partial charge in [-0.25, -0.2) is 9.78 Å². The molecule has 1 N–H and O–H groups in total. The summed E-state index contributed by atoms with van der Waals surface area (Å²) in [7, 11) is 0. The molecule has 0 aliphatic rings. The number of aliphatic carboxylic acids is 1. The Morgan fingerprint density at radius 2 is 2.08 bits per heavy atom. The lowest BCUT2D eigenvalue weighted by molar-refractivity contribution is -0.353. The summed E-state index contributed by atoms with van der Waals surface area (Å²) in [6.45, 7) is 6.17. The molecule has 0 aromatic rings. The molecular weight excluding hydrogens is 172 g/mol. The Kier molecular flexibility index (Phi) is 5.66. The Labute approximate surface area is 78.8 Å². The Balaban J connectivity index is 3.30. The van der Waals surface area contributed by atoms with Crippen LogP contribution in [0, 0.1) is 0 Å². The smallest absolute Gasteiger partial charge is 0.303 e. The zero-order chi connectivity index (χ0) is 10.3. The van der Waals surface area contributed by atoms with Crippen molar-refractivity contribution in [2.75, 3.05) is 6.61 Å². The van der Waals surface area contributed by atoms with Gasteiger partial charge in [-0.15, -0.1) is 0 Å². The first kappa shape index (κ1) is 12.4. The van der Waals surface area contributed by atoms with Crippen molar-refractivity contribution in [1.82, 2.24) is 0 Å². The van der Waals surface area contributed by atoms with Crippen molar-refractivity contribution in [2.45, 2.75) is 45.6 Å². The van der Waals surface area contributed by atoms with Crippen LogP contribution in [-0.2, 0) is 14.6 Å². The summed E-state index contributed by atoms with van der Waals surface area (Å²) in [6.07, 6.45) is 1.46. The normalized spacial score (nSPS) is 11.6. The molecule has 4 nitrogen and oxygen atoms in total. The zero-order valence-corrected chi connectivity index (χ0v) is 8.50. The Hall–Kier alpha value is -0.610. The van der Waals surface area contributed by atoms with Crippen LogP contribution in [0.5, 0.6) is 0 Å². The van der Waals surface area contributed by atoms with E-state index in [4.69, 9.17) is 14.9 Å². The minimum Gasteiger partial charge on any atom is -0.481 e. The van der Waals surface area contributed by atoms with Gasteiger partial charge in [0.05, 0.1) is 12.2 Å². The van der Waals surface area contributed by atoms with Gasteiger partial charge in [0.2, 0.25) is 0 Å². The van der Waals surface area contributed by atoms with Gasteiger partial charge in [0, 0.05) is 6.42 Å². The van der Waals surface area contributed by atoms with Gasteiger partial charge in [-0.2, -0.15) is 0 Å². The first-order valence-corrected chi connectivity index (χ1v) is 4.50. The van der Waals surface area contributed by atoms with E-state index in [1.807, 2.05) is 20.8 Å². The first-order valence-electron chi connectivity index (χ1n) is 4.50. The maximum absolute atomic E-state index is 10.1. The predicted molar refractivity (Wildman–Crippen MR) is 48.3 cm³/mol. The molecule has 78 valence electrons. The highest BCUT2D eigenvalue weighted by Gasteiger charge is 2.16. The monoisotopic (exact) mass is 190 g/mol. The van der Waals surface area contributed by atoms with Crippen molar-refractivity contribution >= 4 is 5.97 Å². The van der Waals surface area contributed by atoms with Crippen molar-refractivity contribution in [3.05, 3.63) is 0 Å². The minimum atomic E-state index is -0.807. The second kappa shape index (κ2) is 5.94. The summed E-state index contributed by atoms with van der Waals surface area (Å²) >= 11 is 0. The Morgan fingerprint density at radius 1 is 1.46 bits per heavy atom. The highest BCUT2D eigenvalue weighted by atomic mass is 17.2. The highest BCUT2D eigenvalue weighted by Crippen LogP contribution is 2.13. The second-order valence-corrected chi connectivity index (χ2v) is 3.52. The lowest BCUT2D eigenvalue weighted by Crippen LogP contribution is -2.23. The fourth-order valence-electron chi connectivity index (χ4n) is 0.542. The summed E-state index contributed by atoms with van der Waals surface area (Å²) in [6, 6.07) is 0.